The van der Waals surface area contributed by atoms with Crippen LogP contribution >= 0.6 is 0 Å². The second kappa shape index (κ2) is 15.2. The van der Waals surface area contributed by atoms with Gasteiger partial charge in [-0.15, -0.1) is 0 Å². The van der Waals surface area contributed by atoms with Gasteiger partial charge in [0.2, 0.25) is 11.8 Å². The smallest absolute Gasteiger partial charge is 0.264 e. The number of carbonyl (C=O) groups excluding carboxylic acids is 2. The molecule has 10 heteroatoms. The number of nitrogens with zero attached hydrogens (tertiary/aromatic N) is 2. The van der Waals surface area contributed by atoms with Crippen molar-refractivity contribution in [3.05, 3.63) is 120 Å². The molecule has 0 aliphatic carbocycles. The van der Waals surface area contributed by atoms with Crippen molar-refractivity contribution in [3.8, 4) is 11.5 Å². The molecule has 248 valence electrons. The Hall–Kier alpha value is -4.83. The lowest BCUT2D eigenvalue weighted by Crippen LogP contribution is -2.56. The normalized spacial score (nSPS) is 12.1. The Morgan fingerprint density at radius 1 is 0.787 bits per heavy atom. The lowest BCUT2D eigenvalue weighted by Gasteiger charge is -2.35. The van der Waals surface area contributed by atoms with Crippen LogP contribution in [-0.2, 0) is 32.6 Å². The fraction of sp³-hybridized carbons (Fsp3) is 0.297. The van der Waals surface area contributed by atoms with Crippen molar-refractivity contribution in [2.75, 3.05) is 25.1 Å². The van der Waals surface area contributed by atoms with E-state index in [4.69, 9.17) is 9.47 Å². The Balaban J connectivity index is 1.84. The number of aryl methyl sites for hydroxylation is 1. The van der Waals surface area contributed by atoms with Crippen molar-refractivity contribution < 1.29 is 27.5 Å². The summed E-state index contributed by atoms with van der Waals surface area (Å²) in [7, 11) is -1.37. The van der Waals surface area contributed by atoms with Crippen molar-refractivity contribution in [2.24, 2.45) is 0 Å². The molecule has 0 bridgehead atoms. The Bertz CT molecular complexity index is 1750. The topological polar surface area (TPSA) is 105 Å². The van der Waals surface area contributed by atoms with Crippen LogP contribution in [0.3, 0.4) is 0 Å². The lowest BCUT2D eigenvalue weighted by molar-refractivity contribution is -0.140. The molecular formula is C37H43N3O6S. The van der Waals surface area contributed by atoms with E-state index in [-0.39, 0.29) is 35.2 Å². The van der Waals surface area contributed by atoms with Crippen LogP contribution < -0.4 is 19.1 Å². The number of benzene rings is 4. The Morgan fingerprint density at radius 2 is 1.40 bits per heavy atom. The number of hydrogen-bond donors (Lipinski definition) is 1. The number of para-hydroxylation sites is 2. The third-order valence-corrected chi connectivity index (χ3v) is 9.30. The van der Waals surface area contributed by atoms with Crippen molar-refractivity contribution >= 4 is 27.5 Å². The van der Waals surface area contributed by atoms with Gasteiger partial charge >= 0.3 is 0 Å². The van der Waals surface area contributed by atoms with Gasteiger partial charge in [0.25, 0.3) is 10.0 Å². The molecule has 0 unspecified atom stereocenters. The summed E-state index contributed by atoms with van der Waals surface area (Å²) in [6.07, 6.45) is 0.222. The Morgan fingerprint density at radius 3 is 2.00 bits per heavy atom. The third-order valence-electron chi connectivity index (χ3n) is 7.52. The summed E-state index contributed by atoms with van der Waals surface area (Å²) in [5.74, 6) is -0.141. The van der Waals surface area contributed by atoms with E-state index >= 15 is 0 Å². The lowest BCUT2D eigenvalue weighted by atomic mass is 10.0. The van der Waals surface area contributed by atoms with E-state index < -0.39 is 34.1 Å². The molecule has 0 fully saturated rings. The molecule has 0 radical (unpaired) electrons. The van der Waals surface area contributed by atoms with E-state index in [1.165, 1.54) is 31.3 Å². The first-order chi connectivity index (χ1) is 22.3. The van der Waals surface area contributed by atoms with Gasteiger partial charge in [-0.3, -0.25) is 13.9 Å². The van der Waals surface area contributed by atoms with Gasteiger partial charge in [-0.2, -0.15) is 0 Å². The number of methoxy groups -OCH3 is 2. The molecule has 4 rings (SSSR count). The van der Waals surface area contributed by atoms with Crippen LogP contribution in [0.1, 0.15) is 37.5 Å². The number of sulfonamides is 1. The molecule has 0 aromatic heterocycles. The summed E-state index contributed by atoms with van der Waals surface area (Å²) in [6, 6.07) is 28.8. The van der Waals surface area contributed by atoms with Crippen LogP contribution in [0.2, 0.25) is 0 Å². The molecule has 47 heavy (non-hydrogen) atoms. The molecule has 0 saturated carbocycles. The third kappa shape index (κ3) is 9.13. The molecule has 0 aliphatic heterocycles. The Labute approximate surface area is 278 Å². The molecule has 4 aromatic rings. The van der Waals surface area contributed by atoms with E-state index in [1.54, 1.807) is 36.4 Å². The fourth-order valence-corrected chi connectivity index (χ4v) is 6.55. The summed E-state index contributed by atoms with van der Waals surface area (Å²) in [4.78, 5) is 30.1. The van der Waals surface area contributed by atoms with Gasteiger partial charge in [0.1, 0.15) is 24.1 Å². The van der Waals surface area contributed by atoms with Gasteiger partial charge in [0.05, 0.1) is 24.8 Å². The van der Waals surface area contributed by atoms with Crippen LogP contribution in [0.15, 0.2) is 108 Å². The number of rotatable bonds is 13. The summed E-state index contributed by atoms with van der Waals surface area (Å²) < 4.78 is 40.4. The minimum absolute atomic E-state index is 0.0339. The maximum absolute atomic E-state index is 14.7. The van der Waals surface area contributed by atoms with Gasteiger partial charge in [0.15, 0.2) is 0 Å². The monoisotopic (exact) mass is 657 g/mol. The number of nitrogens with one attached hydrogen (secondary N) is 1. The predicted molar refractivity (Wildman–Crippen MR) is 184 cm³/mol. The first kappa shape index (κ1) is 35.0. The Kier molecular flexibility index (Phi) is 11.3. The maximum Gasteiger partial charge on any atom is 0.264 e. The zero-order chi connectivity index (χ0) is 34.2. The summed E-state index contributed by atoms with van der Waals surface area (Å²) in [5, 5.41) is 3.04. The molecule has 0 saturated heterocycles. The van der Waals surface area contributed by atoms with Gasteiger partial charge < -0.3 is 19.7 Å². The summed E-state index contributed by atoms with van der Waals surface area (Å²) in [6.45, 7) is 7.09. The minimum Gasteiger partial charge on any atom is -0.497 e. The number of carbonyl (C=O) groups is 2. The fourth-order valence-electron chi connectivity index (χ4n) is 5.12. The summed E-state index contributed by atoms with van der Waals surface area (Å²) in [5.41, 5.74) is 2.31. The van der Waals surface area contributed by atoms with Gasteiger partial charge in [-0.05, 0) is 75.2 Å². The van der Waals surface area contributed by atoms with Crippen LogP contribution in [0.25, 0.3) is 0 Å². The molecule has 1 N–H and O–H groups in total. The van der Waals surface area contributed by atoms with Crippen molar-refractivity contribution in [1.82, 2.24) is 10.2 Å². The number of anilines is 1. The highest BCUT2D eigenvalue weighted by Crippen LogP contribution is 2.33. The zero-order valence-electron chi connectivity index (χ0n) is 27.8. The van der Waals surface area contributed by atoms with Gasteiger partial charge in [-0.1, -0.05) is 72.3 Å². The van der Waals surface area contributed by atoms with E-state index in [9.17, 15) is 18.0 Å². The molecule has 9 nitrogen and oxygen atoms in total. The number of hydrogen-bond acceptors (Lipinski definition) is 6. The average molecular weight is 658 g/mol. The second-order valence-electron chi connectivity index (χ2n) is 12.3. The molecule has 1 atom stereocenters. The number of ether oxygens (including phenoxy) is 2. The quantitative estimate of drug-likeness (QED) is 0.196. The van der Waals surface area contributed by atoms with Crippen LogP contribution in [0, 0.1) is 6.92 Å². The largest absolute Gasteiger partial charge is 0.497 e. The first-order valence-electron chi connectivity index (χ1n) is 15.3. The van der Waals surface area contributed by atoms with Crippen LogP contribution in [-0.4, -0.2) is 57.5 Å². The molecule has 0 spiro atoms. The maximum atomic E-state index is 14.7. The molecule has 2 amide bonds. The summed E-state index contributed by atoms with van der Waals surface area (Å²) >= 11 is 0. The molecule has 4 aromatic carbocycles. The predicted octanol–water partition coefficient (Wildman–Crippen LogP) is 5.76. The van der Waals surface area contributed by atoms with Crippen molar-refractivity contribution in [3.63, 3.8) is 0 Å². The van der Waals surface area contributed by atoms with E-state index in [0.717, 1.165) is 21.0 Å². The minimum atomic E-state index is -4.30. The van der Waals surface area contributed by atoms with E-state index in [2.05, 4.69) is 5.32 Å². The number of amides is 2. The standard InChI is InChI=1S/C37H43N3O6S/c1-27-16-18-29(19-17-27)25-39(33(36(42)38-37(2,3)4)24-28-12-8-7-9-13-28)35(41)26-40(32-14-10-11-15-34(32)46-6)47(43,44)31-22-20-30(45-5)21-23-31/h7-23,33H,24-26H2,1-6H3,(H,38,42)/t33-/m1/s1. The molecular weight excluding hydrogens is 614 g/mol. The molecule has 0 heterocycles. The molecule has 0 aliphatic rings. The van der Waals surface area contributed by atoms with Crippen LogP contribution in [0.5, 0.6) is 11.5 Å². The highest BCUT2D eigenvalue weighted by molar-refractivity contribution is 7.92. The van der Waals surface area contributed by atoms with E-state index in [0.29, 0.717) is 5.75 Å². The highest BCUT2D eigenvalue weighted by atomic mass is 32.2. The van der Waals surface area contributed by atoms with Gasteiger partial charge in [-0.25, -0.2) is 8.42 Å². The van der Waals surface area contributed by atoms with Crippen molar-refractivity contribution in [1.29, 1.82) is 0 Å². The first-order valence-corrected chi connectivity index (χ1v) is 16.8. The van der Waals surface area contributed by atoms with Gasteiger partial charge in [0, 0.05) is 18.5 Å². The van der Waals surface area contributed by atoms with E-state index in [1.807, 2.05) is 82.3 Å². The SMILES string of the molecule is COc1ccc(S(=O)(=O)N(CC(=O)N(Cc2ccc(C)cc2)[C@H](Cc2ccccc2)C(=O)NC(C)(C)C)c2ccccc2OC)cc1. The van der Waals surface area contributed by atoms with Crippen molar-refractivity contribution in [2.45, 2.75) is 57.1 Å². The highest BCUT2D eigenvalue weighted by Gasteiger charge is 2.36. The zero-order valence-corrected chi connectivity index (χ0v) is 28.6. The second-order valence-corrected chi connectivity index (χ2v) is 14.2. The average Bonchev–Trinajstić information content (AvgIpc) is 3.05. The van der Waals surface area contributed by atoms with Crippen LogP contribution in [0.4, 0.5) is 5.69 Å².